The van der Waals surface area contributed by atoms with Crippen LogP contribution in [0.1, 0.15) is 38.8 Å². The molecule has 1 saturated heterocycles. The summed E-state index contributed by atoms with van der Waals surface area (Å²) in [4.78, 5) is 14.0. The highest BCUT2D eigenvalue weighted by molar-refractivity contribution is 5.82. The maximum atomic E-state index is 12.0. The third-order valence-electron chi connectivity index (χ3n) is 3.71. The summed E-state index contributed by atoms with van der Waals surface area (Å²) in [6.45, 7) is 11.0. The zero-order valence-corrected chi connectivity index (χ0v) is 12.4. The number of nitrogens with zero attached hydrogens (tertiary/aromatic N) is 1. The van der Waals surface area contributed by atoms with E-state index in [0.717, 1.165) is 19.6 Å². The molecule has 1 amide bonds. The Bertz CT molecular complexity index is 445. The highest BCUT2D eigenvalue weighted by Crippen LogP contribution is 2.22. The number of hydrogen-bond donors (Lipinski definition) is 1. The molecule has 1 atom stereocenters. The molecule has 2 rings (SSSR count). The van der Waals surface area contributed by atoms with Gasteiger partial charge >= 0.3 is 0 Å². The summed E-state index contributed by atoms with van der Waals surface area (Å²) < 4.78 is 0. The maximum absolute atomic E-state index is 12.0. The average molecular weight is 260 g/mol. The van der Waals surface area contributed by atoms with Crippen LogP contribution >= 0.6 is 0 Å². The quantitative estimate of drug-likeness (QED) is 0.885. The van der Waals surface area contributed by atoms with Crippen LogP contribution in [0.5, 0.6) is 0 Å². The number of piperazine rings is 1. The van der Waals surface area contributed by atoms with Gasteiger partial charge in [0.1, 0.15) is 0 Å². The van der Waals surface area contributed by atoms with Gasteiger partial charge in [0, 0.05) is 19.6 Å². The van der Waals surface area contributed by atoms with Gasteiger partial charge in [-0.2, -0.15) is 0 Å². The number of carbonyl (C=O) groups is 1. The summed E-state index contributed by atoms with van der Waals surface area (Å²) in [7, 11) is 0. The van der Waals surface area contributed by atoms with Gasteiger partial charge in [0.25, 0.3) is 0 Å². The van der Waals surface area contributed by atoms with Crippen LogP contribution in [0.3, 0.4) is 0 Å². The van der Waals surface area contributed by atoms with Gasteiger partial charge in [0.2, 0.25) is 5.91 Å². The monoisotopic (exact) mass is 260 g/mol. The Labute approximate surface area is 116 Å². The van der Waals surface area contributed by atoms with E-state index in [0.29, 0.717) is 0 Å². The van der Waals surface area contributed by atoms with E-state index >= 15 is 0 Å². The Hall–Kier alpha value is -1.35. The Balaban J connectivity index is 2.05. The minimum absolute atomic E-state index is 0.0531. The Morgan fingerprint density at radius 3 is 2.47 bits per heavy atom. The van der Waals surface area contributed by atoms with Crippen LogP contribution in [0.2, 0.25) is 0 Å². The Kier molecular flexibility index (Phi) is 3.95. The van der Waals surface area contributed by atoms with Crippen LogP contribution in [0.15, 0.2) is 24.3 Å². The number of benzene rings is 1. The first kappa shape index (κ1) is 14.1. The third kappa shape index (κ3) is 3.35. The highest BCUT2D eigenvalue weighted by Gasteiger charge is 2.24. The van der Waals surface area contributed by atoms with Crippen molar-refractivity contribution in [3.05, 3.63) is 35.4 Å². The fourth-order valence-corrected chi connectivity index (χ4v) is 2.37. The van der Waals surface area contributed by atoms with Gasteiger partial charge in [-0.1, -0.05) is 45.0 Å². The molecule has 3 nitrogen and oxygen atoms in total. The smallest absolute Gasteiger partial charge is 0.239 e. The second kappa shape index (κ2) is 5.33. The second-order valence-corrected chi connectivity index (χ2v) is 6.38. The van der Waals surface area contributed by atoms with Crippen molar-refractivity contribution in [2.75, 3.05) is 13.1 Å². The minimum Gasteiger partial charge on any atom is -0.336 e. The average Bonchev–Trinajstić information content (AvgIpc) is 2.35. The fourth-order valence-electron chi connectivity index (χ4n) is 2.37. The lowest BCUT2D eigenvalue weighted by molar-refractivity contribution is -0.135. The third-order valence-corrected chi connectivity index (χ3v) is 3.71. The largest absolute Gasteiger partial charge is 0.336 e. The van der Waals surface area contributed by atoms with E-state index in [1.54, 1.807) is 0 Å². The molecule has 1 aromatic carbocycles. The topological polar surface area (TPSA) is 32.3 Å². The predicted octanol–water partition coefficient (Wildman–Crippen LogP) is 2.30. The molecule has 0 spiro atoms. The van der Waals surface area contributed by atoms with Crippen LogP contribution in [-0.4, -0.2) is 29.9 Å². The molecule has 1 aliphatic rings. The van der Waals surface area contributed by atoms with Crippen molar-refractivity contribution >= 4 is 5.91 Å². The number of rotatable bonds is 2. The SMILES string of the molecule is CC1NCCN(Cc2ccc(C(C)(C)C)cc2)C1=O. The van der Waals surface area contributed by atoms with Gasteiger partial charge in [-0.25, -0.2) is 0 Å². The van der Waals surface area contributed by atoms with E-state index in [1.165, 1.54) is 11.1 Å². The van der Waals surface area contributed by atoms with Gasteiger partial charge in [-0.15, -0.1) is 0 Å². The van der Waals surface area contributed by atoms with Crippen LogP contribution in [-0.2, 0) is 16.8 Å². The van der Waals surface area contributed by atoms with Gasteiger partial charge in [-0.05, 0) is 23.5 Å². The van der Waals surface area contributed by atoms with Crippen molar-refractivity contribution in [3.63, 3.8) is 0 Å². The zero-order valence-electron chi connectivity index (χ0n) is 12.4. The van der Waals surface area contributed by atoms with Crippen molar-refractivity contribution < 1.29 is 4.79 Å². The molecule has 3 heteroatoms. The standard InChI is InChI=1S/C16H24N2O/c1-12-15(19)18(10-9-17-12)11-13-5-7-14(8-6-13)16(2,3)4/h5-8,12,17H,9-11H2,1-4H3. The molecule has 0 aliphatic carbocycles. The van der Waals surface area contributed by atoms with E-state index in [-0.39, 0.29) is 17.4 Å². The fraction of sp³-hybridized carbons (Fsp3) is 0.562. The summed E-state index contributed by atoms with van der Waals surface area (Å²) >= 11 is 0. The van der Waals surface area contributed by atoms with E-state index < -0.39 is 0 Å². The molecule has 1 aliphatic heterocycles. The predicted molar refractivity (Wildman–Crippen MR) is 78.0 cm³/mol. The maximum Gasteiger partial charge on any atom is 0.239 e. The summed E-state index contributed by atoms with van der Waals surface area (Å²) in [5, 5.41) is 3.19. The molecule has 19 heavy (non-hydrogen) atoms. The first-order chi connectivity index (χ1) is 8.88. The van der Waals surface area contributed by atoms with E-state index in [4.69, 9.17) is 0 Å². The summed E-state index contributed by atoms with van der Waals surface area (Å²) in [6.07, 6.45) is 0. The van der Waals surface area contributed by atoms with Crippen LogP contribution in [0, 0.1) is 0 Å². The van der Waals surface area contributed by atoms with Gasteiger partial charge in [0.15, 0.2) is 0 Å². The summed E-state index contributed by atoms with van der Waals surface area (Å²) in [6, 6.07) is 8.57. The number of nitrogens with one attached hydrogen (secondary N) is 1. The molecule has 104 valence electrons. The normalized spacial score (nSPS) is 20.7. The molecule has 1 unspecified atom stereocenters. The summed E-state index contributed by atoms with van der Waals surface area (Å²) in [5.41, 5.74) is 2.71. The first-order valence-corrected chi connectivity index (χ1v) is 6.99. The molecule has 1 aromatic rings. The molecule has 0 aromatic heterocycles. The van der Waals surface area contributed by atoms with Crippen molar-refractivity contribution in [1.82, 2.24) is 10.2 Å². The molecule has 1 N–H and O–H groups in total. The second-order valence-electron chi connectivity index (χ2n) is 6.38. The Morgan fingerprint density at radius 2 is 1.89 bits per heavy atom. The Morgan fingerprint density at radius 1 is 1.26 bits per heavy atom. The molecule has 0 bridgehead atoms. The highest BCUT2D eigenvalue weighted by atomic mass is 16.2. The molecule has 0 saturated carbocycles. The van der Waals surface area contributed by atoms with Crippen LogP contribution < -0.4 is 5.32 Å². The van der Waals surface area contributed by atoms with E-state index in [9.17, 15) is 4.79 Å². The molecule has 1 heterocycles. The number of amides is 1. The van der Waals surface area contributed by atoms with Gasteiger partial charge in [-0.3, -0.25) is 4.79 Å². The lowest BCUT2D eigenvalue weighted by Gasteiger charge is -2.31. The van der Waals surface area contributed by atoms with Crippen molar-refractivity contribution in [2.45, 2.75) is 45.7 Å². The molecular weight excluding hydrogens is 236 g/mol. The molecular formula is C16H24N2O. The lowest BCUT2D eigenvalue weighted by atomic mass is 9.87. The summed E-state index contributed by atoms with van der Waals surface area (Å²) in [5.74, 6) is 0.200. The first-order valence-electron chi connectivity index (χ1n) is 6.99. The van der Waals surface area contributed by atoms with Crippen molar-refractivity contribution in [3.8, 4) is 0 Å². The van der Waals surface area contributed by atoms with Gasteiger partial charge in [0.05, 0.1) is 6.04 Å². The minimum atomic E-state index is -0.0531. The number of hydrogen-bond acceptors (Lipinski definition) is 2. The van der Waals surface area contributed by atoms with E-state index in [2.05, 4.69) is 50.4 Å². The molecule has 1 fully saturated rings. The van der Waals surface area contributed by atoms with Crippen LogP contribution in [0.25, 0.3) is 0 Å². The van der Waals surface area contributed by atoms with Gasteiger partial charge < -0.3 is 10.2 Å². The van der Waals surface area contributed by atoms with Crippen molar-refractivity contribution in [1.29, 1.82) is 0 Å². The van der Waals surface area contributed by atoms with Crippen molar-refractivity contribution in [2.24, 2.45) is 0 Å². The zero-order chi connectivity index (χ0) is 14.0. The molecule has 0 radical (unpaired) electrons. The lowest BCUT2D eigenvalue weighted by Crippen LogP contribution is -2.53. The van der Waals surface area contributed by atoms with Crippen LogP contribution in [0.4, 0.5) is 0 Å². The number of carbonyl (C=O) groups excluding carboxylic acids is 1. The van der Waals surface area contributed by atoms with E-state index in [1.807, 2.05) is 11.8 Å².